The number of ether oxygens (including phenoxy) is 1. The van der Waals surface area contributed by atoms with Crippen molar-refractivity contribution in [2.45, 2.75) is 0 Å². The number of hydrogen-bond donors (Lipinski definition) is 1. The molecule has 0 atom stereocenters. The number of benzene rings is 1. The van der Waals surface area contributed by atoms with Crippen molar-refractivity contribution in [2.75, 3.05) is 12.4 Å². The molecule has 94 valence electrons. The molecule has 0 aliphatic carbocycles. The highest BCUT2D eigenvalue weighted by atomic mass is 35.5. The standard InChI is InChI=1S/C10H7Cl3N4O/c1-18-5-2-3-6(11)7(4-5)14-10-16-8(12)15-9(13)17-10/h2-4H,1H3,(H,14,15,16,17). The highest BCUT2D eigenvalue weighted by molar-refractivity contribution is 6.33. The van der Waals surface area contributed by atoms with Crippen LogP contribution in [0.15, 0.2) is 18.2 Å². The first-order valence-corrected chi connectivity index (χ1v) is 5.89. The summed E-state index contributed by atoms with van der Waals surface area (Å²) in [5.74, 6) is 0.850. The van der Waals surface area contributed by atoms with Crippen LogP contribution in [-0.4, -0.2) is 22.1 Å². The predicted octanol–water partition coefficient (Wildman–Crippen LogP) is 3.58. The van der Waals surface area contributed by atoms with Crippen LogP contribution in [0.2, 0.25) is 15.6 Å². The Labute approximate surface area is 118 Å². The molecule has 0 amide bonds. The zero-order chi connectivity index (χ0) is 13.1. The first kappa shape index (κ1) is 13.1. The summed E-state index contributed by atoms with van der Waals surface area (Å²) < 4.78 is 5.09. The van der Waals surface area contributed by atoms with Crippen molar-refractivity contribution in [1.29, 1.82) is 0 Å². The van der Waals surface area contributed by atoms with E-state index in [1.54, 1.807) is 25.3 Å². The van der Waals surface area contributed by atoms with Crippen LogP contribution in [0.25, 0.3) is 0 Å². The fourth-order valence-electron chi connectivity index (χ4n) is 1.23. The van der Waals surface area contributed by atoms with Gasteiger partial charge >= 0.3 is 0 Å². The van der Waals surface area contributed by atoms with Gasteiger partial charge in [-0.1, -0.05) is 11.6 Å². The molecule has 2 rings (SSSR count). The lowest BCUT2D eigenvalue weighted by Crippen LogP contribution is -2.00. The third-order valence-corrected chi connectivity index (χ3v) is 2.67. The smallest absolute Gasteiger partial charge is 0.232 e. The van der Waals surface area contributed by atoms with Crippen molar-refractivity contribution in [3.63, 3.8) is 0 Å². The van der Waals surface area contributed by atoms with Crippen LogP contribution >= 0.6 is 34.8 Å². The van der Waals surface area contributed by atoms with Gasteiger partial charge in [0.25, 0.3) is 0 Å². The second kappa shape index (κ2) is 5.56. The Hall–Kier alpha value is -1.30. The molecule has 0 spiro atoms. The zero-order valence-electron chi connectivity index (χ0n) is 9.12. The SMILES string of the molecule is COc1ccc(Cl)c(Nc2nc(Cl)nc(Cl)n2)c1. The minimum atomic E-state index is -0.00322. The number of aromatic nitrogens is 3. The van der Waals surface area contributed by atoms with Crippen molar-refractivity contribution >= 4 is 46.4 Å². The molecule has 1 aromatic carbocycles. The average Bonchev–Trinajstić information content (AvgIpc) is 2.30. The average molecular weight is 306 g/mol. The predicted molar refractivity (Wildman–Crippen MR) is 71.1 cm³/mol. The molecule has 0 radical (unpaired) electrons. The van der Waals surface area contributed by atoms with E-state index >= 15 is 0 Å². The molecule has 1 heterocycles. The second-order valence-electron chi connectivity index (χ2n) is 3.17. The largest absolute Gasteiger partial charge is 0.497 e. The lowest BCUT2D eigenvalue weighted by Gasteiger charge is -2.08. The number of nitrogens with one attached hydrogen (secondary N) is 1. The summed E-state index contributed by atoms with van der Waals surface area (Å²) in [6, 6.07) is 5.13. The van der Waals surface area contributed by atoms with E-state index in [0.717, 1.165) is 0 Å². The zero-order valence-corrected chi connectivity index (χ0v) is 11.4. The quantitative estimate of drug-likeness (QED) is 0.939. The van der Waals surface area contributed by atoms with E-state index in [1.165, 1.54) is 0 Å². The van der Waals surface area contributed by atoms with Gasteiger partial charge in [-0.15, -0.1) is 0 Å². The molecule has 0 aliphatic rings. The van der Waals surface area contributed by atoms with Gasteiger partial charge in [0, 0.05) is 6.07 Å². The Morgan fingerprint density at radius 1 is 1.06 bits per heavy atom. The molecule has 0 saturated carbocycles. The third-order valence-electron chi connectivity index (χ3n) is 2.00. The molecule has 18 heavy (non-hydrogen) atoms. The van der Waals surface area contributed by atoms with Crippen molar-refractivity contribution in [1.82, 2.24) is 15.0 Å². The van der Waals surface area contributed by atoms with Crippen LogP contribution in [0, 0.1) is 0 Å². The van der Waals surface area contributed by atoms with Gasteiger partial charge in [0.05, 0.1) is 17.8 Å². The fourth-order valence-corrected chi connectivity index (χ4v) is 1.76. The molecule has 1 N–H and O–H groups in total. The van der Waals surface area contributed by atoms with E-state index < -0.39 is 0 Å². The van der Waals surface area contributed by atoms with E-state index in [0.29, 0.717) is 16.5 Å². The second-order valence-corrected chi connectivity index (χ2v) is 4.25. The number of halogens is 3. The number of nitrogens with zero attached hydrogens (tertiary/aromatic N) is 3. The summed E-state index contributed by atoms with van der Waals surface area (Å²) in [4.78, 5) is 11.4. The van der Waals surface area contributed by atoms with Crippen LogP contribution in [0.3, 0.4) is 0 Å². The van der Waals surface area contributed by atoms with Crippen molar-refractivity contribution in [3.05, 3.63) is 33.8 Å². The molecular weight excluding hydrogens is 298 g/mol. The monoisotopic (exact) mass is 304 g/mol. The van der Waals surface area contributed by atoms with E-state index in [2.05, 4.69) is 20.3 Å². The Balaban J connectivity index is 2.33. The van der Waals surface area contributed by atoms with E-state index in [9.17, 15) is 0 Å². The highest BCUT2D eigenvalue weighted by Gasteiger charge is 2.07. The molecule has 0 fully saturated rings. The molecule has 0 aliphatic heterocycles. The summed E-state index contributed by atoms with van der Waals surface area (Å²) in [5.41, 5.74) is 0.578. The maximum Gasteiger partial charge on any atom is 0.232 e. The lowest BCUT2D eigenvalue weighted by atomic mass is 10.3. The number of methoxy groups -OCH3 is 1. The van der Waals surface area contributed by atoms with Gasteiger partial charge in [-0.05, 0) is 35.3 Å². The maximum absolute atomic E-state index is 6.03. The fraction of sp³-hybridized carbons (Fsp3) is 0.100. The van der Waals surface area contributed by atoms with E-state index in [1.807, 2.05) is 0 Å². The first-order chi connectivity index (χ1) is 8.58. The number of anilines is 2. The first-order valence-electron chi connectivity index (χ1n) is 4.76. The van der Waals surface area contributed by atoms with E-state index in [-0.39, 0.29) is 16.5 Å². The molecule has 0 unspecified atom stereocenters. The molecular formula is C10H7Cl3N4O. The van der Waals surface area contributed by atoms with Gasteiger partial charge in [-0.2, -0.15) is 15.0 Å². The van der Waals surface area contributed by atoms with Gasteiger partial charge < -0.3 is 10.1 Å². The normalized spacial score (nSPS) is 10.2. The van der Waals surface area contributed by atoms with Crippen molar-refractivity contribution in [2.24, 2.45) is 0 Å². The number of hydrogen-bond acceptors (Lipinski definition) is 5. The Bertz CT molecular complexity index is 559. The van der Waals surface area contributed by atoms with Crippen LogP contribution < -0.4 is 10.1 Å². The minimum absolute atomic E-state index is 0.00322. The molecule has 1 aromatic heterocycles. The maximum atomic E-state index is 6.03. The summed E-state index contributed by atoms with van der Waals surface area (Å²) in [6.45, 7) is 0. The Morgan fingerprint density at radius 3 is 2.33 bits per heavy atom. The summed E-state index contributed by atoms with van der Waals surface area (Å²) >= 11 is 17.4. The molecule has 0 saturated heterocycles. The van der Waals surface area contributed by atoms with Gasteiger partial charge in [-0.3, -0.25) is 0 Å². The highest BCUT2D eigenvalue weighted by Crippen LogP contribution is 2.28. The number of rotatable bonds is 3. The van der Waals surface area contributed by atoms with Crippen molar-refractivity contribution in [3.8, 4) is 5.75 Å². The molecule has 2 aromatic rings. The Morgan fingerprint density at radius 2 is 1.72 bits per heavy atom. The van der Waals surface area contributed by atoms with Gasteiger partial charge in [-0.25, -0.2) is 0 Å². The van der Waals surface area contributed by atoms with Gasteiger partial charge in [0.2, 0.25) is 16.5 Å². The van der Waals surface area contributed by atoms with Crippen LogP contribution in [0.5, 0.6) is 5.75 Å². The molecule has 5 nitrogen and oxygen atoms in total. The van der Waals surface area contributed by atoms with Crippen molar-refractivity contribution < 1.29 is 4.74 Å². The lowest BCUT2D eigenvalue weighted by molar-refractivity contribution is 0.415. The van der Waals surface area contributed by atoms with Gasteiger partial charge in [0.1, 0.15) is 5.75 Å². The summed E-state index contributed by atoms with van der Waals surface area (Å²) in [6.07, 6.45) is 0. The summed E-state index contributed by atoms with van der Waals surface area (Å²) in [7, 11) is 1.56. The topological polar surface area (TPSA) is 59.9 Å². The van der Waals surface area contributed by atoms with Crippen LogP contribution in [-0.2, 0) is 0 Å². The van der Waals surface area contributed by atoms with E-state index in [4.69, 9.17) is 39.5 Å². The third kappa shape index (κ3) is 3.13. The molecule has 0 bridgehead atoms. The van der Waals surface area contributed by atoms with Crippen LogP contribution in [0.4, 0.5) is 11.6 Å². The summed E-state index contributed by atoms with van der Waals surface area (Å²) in [5, 5.41) is 3.37. The van der Waals surface area contributed by atoms with Gasteiger partial charge in [0.15, 0.2) is 0 Å². The Kier molecular flexibility index (Phi) is 4.06. The molecule has 8 heteroatoms. The van der Waals surface area contributed by atoms with Crippen LogP contribution in [0.1, 0.15) is 0 Å². The minimum Gasteiger partial charge on any atom is -0.497 e.